The number of hydrogen-bond acceptors (Lipinski definition) is 4. The molecule has 1 atom stereocenters. The highest BCUT2D eigenvalue weighted by Crippen LogP contribution is 2.31. The van der Waals surface area contributed by atoms with Crippen LogP contribution in [-0.4, -0.2) is 58.3 Å². The summed E-state index contributed by atoms with van der Waals surface area (Å²) in [6, 6.07) is -1.74. The first-order chi connectivity index (χ1) is 10.4. The van der Waals surface area contributed by atoms with Crippen LogP contribution in [0.1, 0.15) is 36.2 Å². The Kier molecular flexibility index (Phi) is 5.38. The third-order valence-electron chi connectivity index (χ3n) is 3.67. The van der Waals surface area contributed by atoms with Crippen LogP contribution in [0.15, 0.2) is 6.20 Å². The summed E-state index contributed by atoms with van der Waals surface area (Å²) >= 11 is 0. The summed E-state index contributed by atoms with van der Waals surface area (Å²) in [6.07, 6.45) is -1.40. The molecule has 0 spiro atoms. The third-order valence-corrected chi connectivity index (χ3v) is 3.67. The summed E-state index contributed by atoms with van der Waals surface area (Å²) in [7, 11) is 1.52. The molecule has 1 aliphatic rings. The maximum Gasteiger partial charge on any atom is 0.408 e. The van der Waals surface area contributed by atoms with Gasteiger partial charge in [-0.2, -0.15) is 13.2 Å². The molecule has 1 unspecified atom stereocenters. The maximum atomic E-state index is 13.2. The van der Waals surface area contributed by atoms with Crippen LogP contribution in [0.2, 0.25) is 0 Å². The number of ether oxygens (including phenoxy) is 1. The van der Waals surface area contributed by atoms with Crippen molar-refractivity contribution < 1.29 is 22.7 Å². The van der Waals surface area contributed by atoms with Crippen LogP contribution in [0.3, 0.4) is 0 Å². The summed E-state index contributed by atoms with van der Waals surface area (Å²) in [4.78, 5) is 13.3. The molecule has 22 heavy (non-hydrogen) atoms. The summed E-state index contributed by atoms with van der Waals surface area (Å²) in [6.45, 7) is 0.860. The molecule has 2 heterocycles. The van der Waals surface area contributed by atoms with Crippen LogP contribution < -0.4 is 0 Å². The molecule has 9 heteroatoms. The second-order valence-electron chi connectivity index (χ2n) is 5.26. The lowest BCUT2D eigenvalue weighted by atomic mass is 10.1. The minimum Gasteiger partial charge on any atom is -0.383 e. The number of aromatic nitrogens is 3. The van der Waals surface area contributed by atoms with Gasteiger partial charge in [-0.1, -0.05) is 18.1 Å². The van der Waals surface area contributed by atoms with Gasteiger partial charge in [0.05, 0.1) is 19.3 Å². The molecule has 1 aliphatic heterocycles. The van der Waals surface area contributed by atoms with Gasteiger partial charge in [0.2, 0.25) is 0 Å². The van der Waals surface area contributed by atoms with Crippen LogP contribution in [0.25, 0.3) is 0 Å². The molecule has 2 rings (SSSR count). The minimum absolute atomic E-state index is 0.0624. The molecular weight excluding hydrogens is 301 g/mol. The van der Waals surface area contributed by atoms with Crippen molar-refractivity contribution in [2.45, 2.75) is 44.4 Å². The van der Waals surface area contributed by atoms with E-state index in [-0.39, 0.29) is 18.7 Å². The van der Waals surface area contributed by atoms with Crippen LogP contribution >= 0.6 is 0 Å². The zero-order valence-corrected chi connectivity index (χ0v) is 12.3. The van der Waals surface area contributed by atoms with Gasteiger partial charge in [-0.15, -0.1) is 5.10 Å². The lowest BCUT2D eigenvalue weighted by molar-refractivity contribution is -0.177. The highest BCUT2D eigenvalue weighted by atomic mass is 19.4. The average Bonchev–Trinajstić information content (AvgIpc) is 2.78. The Morgan fingerprint density at radius 2 is 2.18 bits per heavy atom. The largest absolute Gasteiger partial charge is 0.408 e. The van der Waals surface area contributed by atoms with Crippen molar-refractivity contribution in [3.8, 4) is 0 Å². The van der Waals surface area contributed by atoms with Gasteiger partial charge in [0.15, 0.2) is 5.69 Å². The molecule has 0 aromatic carbocycles. The van der Waals surface area contributed by atoms with Crippen molar-refractivity contribution in [1.82, 2.24) is 19.9 Å². The fraction of sp³-hybridized carbons (Fsp3) is 0.769. The Morgan fingerprint density at radius 1 is 1.41 bits per heavy atom. The average molecular weight is 320 g/mol. The van der Waals surface area contributed by atoms with Gasteiger partial charge in [-0.25, -0.2) is 4.68 Å². The number of carbonyl (C=O) groups excluding carboxylic acids is 1. The number of halogens is 3. The monoisotopic (exact) mass is 320 g/mol. The molecule has 1 aromatic heterocycles. The van der Waals surface area contributed by atoms with E-state index in [1.807, 2.05) is 0 Å². The summed E-state index contributed by atoms with van der Waals surface area (Å²) in [5.41, 5.74) is -0.0627. The molecule has 6 nitrogen and oxygen atoms in total. The van der Waals surface area contributed by atoms with E-state index in [1.54, 1.807) is 0 Å². The normalized spacial score (nSPS) is 20.0. The van der Waals surface area contributed by atoms with Crippen LogP contribution in [0, 0.1) is 0 Å². The van der Waals surface area contributed by atoms with Crippen molar-refractivity contribution in [2.75, 3.05) is 20.3 Å². The van der Waals surface area contributed by atoms with Gasteiger partial charge in [-0.3, -0.25) is 4.79 Å². The van der Waals surface area contributed by atoms with Gasteiger partial charge >= 0.3 is 6.18 Å². The van der Waals surface area contributed by atoms with E-state index in [2.05, 4.69) is 10.3 Å². The topological polar surface area (TPSA) is 60.2 Å². The molecule has 1 saturated heterocycles. The Morgan fingerprint density at radius 3 is 2.86 bits per heavy atom. The first kappa shape index (κ1) is 16.7. The lowest BCUT2D eigenvalue weighted by Crippen LogP contribution is -2.48. The number of alkyl halides is 3. The molecule has 0 N–H and O–H groups in total. The van der Waals surface area contributed by atoms with E-state index in [1.165, 1.54) is 18.0 Å². The predicted octanol–water partition coefficient (Wildman–Crippen LogP) is 1.87. The van der Waals surface area contributed by atoms with Crippen LogP contribution in [0.5, 0.6) is 0 Å². The molecule has 0 saturated carbocycles. The molecule has 0 bridgehead atoms. The highest BCUT2D eigenvalue weighted by molar-refractivity contribution is 5.92. The van der Waals surface area contributed by atoms with Crippen molar-refractivity contribution in [1.29, 1.82) is 0 Å². The fourth-order valence-electron chi connectivity index (χ4n) is 2.53. The molecule has 0 aliphatic carbocycles. The number of rotatable bonds is 4. The molecule has 1 aromatic rings. The van der Waals surface area contributed by atoms with Crippen molar-refractivity contribution in [2.24, 2.45) is 0 Å². The maximum absolute atomic E-state index is 13.2. The molecule has 124 valence electrons. The second-order valence-corrected chi connectivity index (χ2v) is 5.26. The van der Waals surface area contributed by atoms with Gasteiger partial charge in [0.1, 0.15) is 6.04 Å². The van der Waals surface area contributed by atoms with Gasteiger partial charge in [0, 0.05) is 13.7 Å². The first-order valence-corrected chi connectivity index (χ1v) is 7.20. The zero-order valence-electron chi connectivity index (χ0n) is 12.3. The standard InChI is InChI=1S/C13H19F3N4O2/c1-22-8-7-19-9-10(17-18-19)12(21)20-6-4-2-3-5-11(20)13(14,15)16/h9,11H,2-8H2,1H3. The Bertz CT molecular complexity index is 504. The Labute approximate surface area is 126 Å². The Balaban J connectivity index is 2.15. The number of amides is 1. The van der Waals surface area contributed by atoms with Crippen LogP contribution in [-0.2, 0) is 11.3 Å². The number of likely N-dealkylation sites (tertiary alicyclic amines) is 1. The van der Waals surface area contributed by atoms with Gasteiger partial charge in [-0.05, 0) is 12.8 Å². The molecular formula is C13H19F3N4O2. The summed E-state index contributed by atoms with van der Waals surface area (Å²) in [5.74, 6) is -0.715. The second kappa shape index (κ2) is 7.08. The lowest BCUT2D eigenvalue weighted by Gasteiger charge is -2.30. The molecule has 0 radical (unpaired) electrons. The summed E-state index contributed by atoms with van der Waals surface area (Å²) in [5, 5.41) is 7.43. The zero-order chi connectivity index (χ0) is 16.2. The first-order valence-electron chi connectivity index (χ1n) is 7.20. The summed E-state index contributed by atoms with van der Waals surface area (Å²) < 4.78 is 45.8. The van der Waals surface area contributed by atoms with Gasteiger partial charge < -0.3 is 9.64 Å². The fourth-order valence-corrected chi connectivity index (χ4v) is 2.53. The van der Waals surface area contributed by atoms with E-state index in [9.17, 15) is 18.0 Å². The smallest absolute Gasteiger partial charge is 0.383 e. The van der Waals surface area contributed by atoms with Crippen molar-refractivity contribution in [3.63, 3.8) is 0 Å². The van der Waals surface area contributed by atoms with E-state index >= 15 is 0 Å². The third kappa shape index (κ3) is 3.96. The minimum atomic E-state index is -4.42. The number of hydrogen-bond donors (Lipinski definition) is 0. The van der Waals surface area contributed by atoms with E-state index < -0.39 is 18.1 Å². The van der Waals surface area contributed by atoms with E-state index in [0.29, 0.717) is 32.4 Å². The number of nitrogens with zero attached hydrogens (tertiary/aromatic N) is 4. The Hall–Kier alpha value is -1.64. The highest BCUT2D eigenvalue weighted by Gasteiger charge is 2.46. The SMILES string of the molecule is COCCn1cc(C(=O)N2CCCCCC2C(F)(F)F)nn1. The number of carbonyl (C=O) groups is 1. The quantitative estimate of drug-likeness (QED) is 0.850. The van der Waals surface area contributed by atoms with E-state index in [0.717, 1.165) is 4.90 Å². The molecule has 1 amide bonds. The number of methoxy groups -OCH3 is 1. The van der Waals surface area contributed by atoms with Crippen molar-refractivity contribution >= 4 is 5.91 Å². The predicted molar refractivity (Wildman–Crippen MR) is 71.2 cm³/mol. The van der Waals surface area contributed by atoms with Crippen LogP contribution in [0.4, 0.5) is 13.2 Å². The molecule has 1 fully saturated rings. The van der Waals surface area contributed by atoms with E-state index in [4.69, 9.17) is 4.74 Å². The van der Waals surface area contributed by atoms with Gasteiger partial charge in [0.25, 0.3) is 5.91 Å². The van der Waals surface area contributed by atoms with Crippen molar-refractivity contribution in [3.05, 3.63) is 11.9 Å².